The molecule has 3 rings (SSSR count). The Morgan fingerprint density at radius 1 is 1.33 bits per heavy atom. The van der Waals surface area contributed by atoms with Gasteiger partial charge in [-0.1, -0.05) is 31.1 Å². The fourth-order valence-electron chi connectivity index (χ4n) is 2.78. The highest BCUT2D eigenvalue weighted by molar-refractivity contribution is 6.74. The summed E-state index contributed by atoms with van der Waals surface area (Å²) < 4.78 is 16.5. The highest BCUT2D eigenvalue weighted by atomic mass is 28.4. The molecule has 1 amide bonds. The Bertz CT molecular complexity index is 776. The van der Waals surface area contributed by atoms with Gasteiger partial charge in [0.25, 0.3) is 5.91 Å². The van der Waals surface area contributed by atoms with E-state index in [9.17, 15) is 4.79 Å². The predicted molar refractivity (Wildman–Crippen MR) is 101 cm³/mol. The summed E-state index contributed by atoms with van der Waals surface area (Å²) in [5, 5.41) is 10.8. The minimum absolute atomic E-state index is 0.0791. The van der Waals surface area contributed by atoms with Gasteiger partial charge >= 0.3 is 0 Å². The average molecular weight is 393 g/mol. The summed E-state index contributed by atoms with van der Waals surface area (Å²) in [4.78, 5) is 16.5. The second kappa shape index (κ2) is 7.20. The van der Waals surface area contributed by atoms with Crippen LogP contribution in [0.3, 0.4) is 0 Å². The smallest absolute Gasteiger partial charge is 0.273 e. The Labute approximate surface area is 160 Å². The first-order valence-electron chi connectivity index (χ1n) is 9.29. The van der Waals surface area contributed by atoms with Crippen molar-refractivity contribution >= 4 is 14.2 Å². The lowest BCUT2D eigenvalue weighted by atomic mass is 9.80. The average Bonchev–Trinajstić information content (AvgIpc) is 3.19. The van der Waals surface area contributed by atoms with Crippen LogP contribution in [0.2, 0.25) is 18.1 Å². The van der Waals surface area contributed by atoms with Crippen molar-refractivity contribution in [2.45, 2.75) is 76.7 Å². The van der Waals surface area contributed by atoms with Gasteiger partial charge in [-0.15, -0.1) is 0 Å². The molecule has 0 spiro atoms. The van der Waals surface area contributed by atoms with E-state index in [1.807, 2.05) is 6.92 Å². The van der Waals surface area contributed by atoms with Gasteiger partial charge in [0.1, 0.15) is 12.4 Å². The number of carbonyl (C=O) groups is 1. The molecule has 1 unspecified atom stereocenters. The quantitative estimate of drug-likeness (QED) is 0.745. The number of hydrogen-bond acceptors (Lipinski definition) is 7. The van der Waals surface area contributed by atoms with Crippen LogP contribution in [0.5, 0.6) is 0 Å². The van der Waals surface area contributed by atoms with E-state index in [-0.39, 0.29) is 34.7 Å². The van der Waals surface area contributed by atoms with Crippen LogP contribution in [-0.4, -0.2) is 35.6 Å². The summed E-state index contributed by atoms with van der Waals surface area (Å²) in [6.45, 7) is 13.0. The largest absolute Gasteiger partial charge is 0.407 e. The van der Waals surface area contributed by atoms with E-state index < -0.39 is 8.32 Å². The zero-order valence-corrected chi connectivity index (χ0v) is 17.8. The standard InChI is InChI=1S/C18H28N4O4Si/c1-11(26-27(5,6)18(2,3)4)15-20-17(25-22-15)12-9-13(10-12)19-16(23)14-7-8-24-21-14/h7-8,11-13H,9-10H2,1-6H3,(H,19,23). The van der Waals surface area contributed by atoms with Crippen molar-refractivity contribution in [2.75, 3.05) is 0 Å². The first kappa shape index (κ1) is 19.8. The van der Waals surface area contributed by atoms with E-state index in [4.69, 9.17) is 8.95 Å². The van der Waals surface area contributed by atoms with Crippen LogP contribution in [0.15, 0.2) is 21.4 Å². The van der Waals surface area contributed by atoms with Crippen LogP contribution in [0.1, 0.15) is 74.8 Å². The highest BCUT2D eigenvalue weighted by Crippen LogP contribution is 2.40. The third kappa shape index (κ3) is 4.29. The monoisotopic (exact) mass is 392 g/mol. The van der Waals surface area contributed by atoms with Crippen molar-refractivity contribution in [3.63, 3.8) is 0 Å². The van der Waals surface area contributed by atoms with E-state index >= 15 is 0 Å². The van der Waals surface area contributed by atoms with Gasteiger partial charge in [-0.2, -0.15) is 4.98 Å². The molecule has 0 aliphatic heterocycles. The number of nitrogens with zero attached hydrogens (tertiary/aromatic N) is 3. The molecule has 2 aromatic heterocycles. The Morgan fingerprint density at radius 3 is 2.63 bits per heavy atom. The zero-order chi connectivity index (χ0) is 19.8. The van der Waals surface area contributed by atoms with Gasteiger partial charge in [-0.3, -0.25) is 4.79 Å². The van der Waals surface area contributed by atoms with Crippen molar-refractivity contribution in [1.29, 1.82) is 0 Å². The van der Waals surface area contributed by atoms with Crippen molar-refractivity contribution < 1.29 is 18.3 Å². The van der Waals surface area contributed by atoms with Crippen LogP contribution in [0, 0.1) is 0 Å². The SMILES string of the molecule is CC(O[Si](C)(C)C(C)(C)C)c1noc(C2CC(NC(=O)c3ccon3)C2)n1. The van der Waals surface area contributed by atoms with Crippen molar-refractivity contribution in [1.82, 2.24) is 20.6 Å². The van der Waals surface area contributed by atoms with E-state index in [0.29, 0.717) is 11.7 Å². The summed E-state index contributed by atoms with van der Waals surface area (Å²) in [6.07, 6.45) is 2.71. The molecule has 1 saturated carbocycles. The van der Waals surface area contributed by atoms with E-state index in [1.54, 1.807) is 6.07 Å². The maximum Gasteiger partial charge on any atom is 0.273 e. The fourth-order valence-corrected chi connectivity index (χ4v) is 4.12. The summed E-state index contributed by atoms with van der Waals surface area (Å²) in [5.74, 6) is 1.14. The lowest BCUT2D eigenvalue weighted by Crippen LogP contribution is -2.43. The van der Waals surface area contributed by atoms with Crippen LogP contribution < -0.4 is 5.32 Å². The van der Waals surface area contributed by atoms with Gasteiger partial charge in [-0.05, 0) is 37.9 Å². The topological polar surface area (TPSA) is 103 Å². The number of nitrogens with one attached hydrogen (secondary N) is 1. The predicted octanol–water partition coefficient (Wildman–Crippen LogP) is 3.82. The molecular formula is C18H28N4O4Si. The number of aromatic nitrogens is 3. The maximum absolute atomic E-state index is 12.0. The molecular weight excluding hydrogens is 364 g/mol. The number of hydrogen-bond donors (Lipinski definition) is 1. The molecule has 1 aliphatic carbocycles. The molecule has 0 aromatic carbocycles. The van der Waals surface area contributed by atoms with Gasteiger partial charge in [0.15, 0.2) is 19.8 Å². The third-order valence-electron chi connectivity index (χ3n) is 5.59. The van der Waals surface area contributed by atoms with Gasteiger partial charge in [0.2, 0.25) is 5.89 Å². The molecule has 0 bridgehead atoms. The molecule has 8 nitrogen and oxygen atoms in total. The molecule has 27 heavy (non-hydrogen) atoms. The summed E-state index contributed by atoms with van der Waals surface area (Å²) >= 11 is 0. The van der Waals surface area contributed by atoms with Crippen molar-refractivity contribution in [2.24, 2.45) is 0 Å². The second-order valence-corrected chi connectivity index (χ2v) is 13.5. The van der Waals surface area contributed by atoms with E-state index in [2.05, 4.69) is 59.0 Å². The molecule has 0 saturated heterocycles. The van der Waals surface area contributed by atoms with Crippen molar-refractivity contribution in [3.8, 4) is 0 Å². The van der Waals surface area contributed by atoms with Crippen LogP contribution in [0.25, 0.3) is 0 Å². The van der Waals surface area contributed by atoms with Crippen LogP contribution in [0.4, 0.5) is 0 Å². The number of rotatable bonds is 6. The molecule has 1 fully saturated rings. The van der Waals surface area contributed by atoms with Crippen molar-refractivity contribution in [3.05, 3.63) is 29.7 Å². The molecule has 0 radical (unpaired) electrons. The third-order valence-corrected chi connectivity index (χ3v) is 10.1. The normalized spacial score (nSPS) is 21.6. The lowest BCUT2D eigenvalue weighted by molar-refractivity contribution is 0.0892. The minimum Gasteiger partial charge on any atom is -0.407 e. The molecule has 1 atom stereocenters. The Hall–Kier alpha value is -2.00. The van der Waals surface area contributed by atoms with Gasteiger partial charge in [0, 0.05) is 18.0 Å². The maximum atomic E-state index is 12.0. The summed E-state index contributed by atoms with van der Waals surface area (Å²) in [7, 11) is -1.90. The molecule has 2 aromatic rings. The molecule has 148 valence electrons. The van der Waals surface area contributed by atoms with E-state index in [1.165, 1.54) is 6.26 Å². The Kier molecular flexibility index (Phi) is 5.26. The van der Waals surface area contributed by atoms with Gasteiger partial charge in [-0.25, -0.2) is 0 Å². The molecule has 1 aliphatic rings. The number of carbonyl (C=O) groups excluding carboxylic acids is 1. The molecule has 9 heteroatoms. The number of amides is 1. The summed E-state index contributed by atoms with van der Waals surface area (Å²) in [5.41, 5.74) is 0.287. The van der Waals surface area contributed by atoms with Crippen LogP contribution >= 0.6 is 0 Å². The van der Waals surface area contributed by atoms with Gasteiger partial charge in [0.05, 0.1) is 0 Å². The highest BCUT2D eigenvalue weighted by Gasteiger charge is 2.40. The Morgan fingerprint density at radius 2 is 2.04 bits per heavy atom. The minimum atomic E-state index is -1.90. The fraction of sp³-hybridized carbons (Fsp3) is 0.667. The van der Waals surface area contributed by atoms with Crippen LogP contribution in [-0.2, 0) is 4.43 Å². The summed E-state index contributed by atoms with van der Waals surface area (Å²) in [6, 6.07) is 1.62. The van der Waals surface area contributed by atoms with Gasteiger partial charge < -0.3 is 18.8 Å². The zero-order valence-electron chi connectivity index (χ0n) is 16.8. The second-order valence-electron chi connectivity index (χ2n) is 8.73. The molecule has 2 heterocycles. The lowest BCUT2D eigenvalue weighted by Gasteiger charge is -2.37. The first-order chi connectivity index (χ1) is 12.6. The molecule has 1 N–H and O–H groups in total. The Balaban J connectivity index is 1.52. The first-order valence-corrected chi connectivity index (χ1v) is 12.2. The van der Waals surface area contributed by atoms with E-state index in [0.717, 1.165) is 12.8 Å².